The van der Waals surface area contributed by atoms with Crippen LogP contribution in [0.2, 0.25) is 0 Å². The van der Waals surface area contributed by atoms with Gasteiger partial charge in [-0.25, -0.2) is 0 Å². The molecule has 0 bridgehead atoms. The van der Waals surface area contributed by atoms with Gasteiger partial charge in [-0.3, -0.25) is 9.59 Å². The van der Waals surface area contributed by atoms with E-state index in [-0.39, 0.29) is 23.8 Å². The number of nitrogens with zero attached hydrogens (tertiary/aromatic N) is 1. The molecule has 0 aromatic heterocycles. The maximum Gasteiger partial charge on any atom is 0.248 e. The average Bonchev–Trinajstić information content (AvgIpc) is 2.75. The summed E-state index contributed by atoms with van der Waals surface area (Å²) >= 11 is 0. The van der Waals surface area contributed by atoms with Crippen molar-refractivity contribution in [1.29, 1.82) is 0 Å². The minimum atomic E-state index is -0.546. The summed E-state index contributed by atoms with van der Waals surface area (Å²) in [6.45, 7) is 7.42. The molecule has 1 spiro atoms. The minimum absolute atomic E-state index is 0.00913. The summed E-state index contributed by atoms with van der Waals surface area (Å²) in [7, 11) is 0. The first kappa shape index (κ1) is 18.9. The molecular weight excluding hydrogens is 330 g/mol. The molecule has 2 fully saturated rings. The summed E-state index contributed by atoms with van der Waals surface area (Å²) in [4.78, 5) is 26.8. The van der Waals surface area contributed by atoms with Gasteiger partial charge in [0, 0.05) is 26.2 Å². The lowest BCUT2D eigenvalue weighted by Crippen LogP contribution is -2.61. The maximum atomic E-state index is 12.6. The zero-order valence-electron chi connectivity index (χ0n) is 15.7. The number of carbonyl (C=O) groups excluding carboxylic acids is 2. The van der Waals surface area contributed by atoms with Gasteiger partial charge in [0.25, 0.3) is 0 Å². The summed E-state index contributed by atoms with van der Waals surface area (Å²) in [5.41, 5.74) is 0.548. The highest BCUT2D eigenvalue weighted by Gasteiger charge is 2.44. The Morgan fingerprint density at radius 2 is 1.85 bits per heavy atom. The van der Waals surface area contributed by atoms with Gasteiger partial charge in [-0.2, -0.15) is 0 Å². The second-order valence-corrected chi connectivity index (χ2v) is 8.14. The van der Waals surface area contributed by atoms with Gasteiger partial charge in [0.05, 0.1) is 6.61 Å². The topological polar surface area (TPSA) is 70.7 Å². The van der Waals surface area contributed by atoms with Crippen molar-refractivity contribution < 1.29 is 14.3 Å². The van der Waals surface area contributed by atoms with Crippen molar-refractivity contribution in [2.24, 2.45) is 5.41 Å². The normalized spacial score (nSPS) is 21.9. The Hall–Kier alpha value is -1.92. The van der Waals surface area contributed by atoms with Crippen molar-refractivity contribution >= 4 is 11.8 Å². The minimum Gasteiger partial charge on any atom is -0.367 e. The average molecular weight is 359 g/mol. The van der Waals surface area contributed by atoms with Crippen LogP contribution in [-0.4, -0.2) is 55.0 Å². The molecule has 2 heterocycles. The Kier molecular flexibility index (Phi) is 5.63. The van der Waals surface area contributed by atoms with Crippen molar-refractivity contribution in [3.8, 4) is 0 Å². The maximum absolute atomic E-state index is 12.6. The molecule has 0 atom stereocenters. The van der Waals surface area contributed by atoms with E-state index < -0.39 is 5.54 Å². The third-order valence-electron chi connectivity index (χ3n) is 5.37. The molecule has 6 heteroatoms. The van der Waals surface area contributed by atoms with E-state index in [1.165, 1.54) is 0 Å². The lowest BCUT2D eigenvalue weighted by molar-refractivity contribution is -0.141. The lowest BCUT2D eigenvalue weighted by atomic mass is 9.86. The molecule has 0 radical (unpaired) electrons. The SMILES string of the molecule is CC1(C)CNC(=O)C2(CCN(C(=O)COCc3ccccc3)CC2)NC1. The van der Waals surface area contributed by atoms with Gasteiger partial charge in [0.15, 0.2) is 0 Å². The zero-order valence-corrected chi connectivity index (χ0v) is 15.7. The Morgan fingerprint density at radius 3 is 2.54 bits per heavy atom. The van der Waals surface area contributed by atoms with E-state index in [0.29, 0.717) is 39.1 Å². The summed E-state index contributed by atoms with van der Waals surface area (Å²) in [5, 5.41) is 6.54. The van der Waals surface area contributed by atoms with Gasteiger partial charge >= 0.3 is 0 Å². The molecule has 2 saturated heterocycles. The van der Waals surface area contributed by atoms with Crippen LogP contribution in [0, 0.1) is 5.41 Å². The summed E-state index contributed by atoms with van der Waals surface area (Å²) in [5.74, 6) is 0.0562. The first-order valence-electron chi connectivity index (χ1n) is 9.33. The molecule has 26 heavy (non-hydrogen) atoms. The van der Waals surface area contributed by atoms with Crippen LogP contribution in [0.1, 0.15) is 32.3 Å². The fourth-order valence-corrected chi connectivity index (χ4v) is 3.50. The van der Waals surface area contributed by atoms with Crippen LogP contribution >= 0.6 is 0 Å². The number of ether oxygens (including phenoxy) is 1. The molecule has 3 rings (SSSR count). The van der Waals surface area contributed by atoms with E-state index in [1.807, 2.05) is 30.3 Å². The summed E-state index contributed by atoms with van der Waals surface area (Å²) < 4.78 is 5.55. The molecule has 2 N–H and O–H groups in total. The van der Waals surface area contributed by atoms with Crippen LogP contribution in [-0.2, 0) is 20.9 Å². The third-order valence-corrected chi connectivity index (χ3v) is 5.37. The van der Waals surface area contributed by atoms with E-state index in [0.717, 1.165) is 12.1 Å². The van der Waals surface area contributed by atoms with Gasteiger partial charge in [0.1, 0.15) is 12.1 Å². The van der Waals surface area contributed by atoms with E-state index in [4.69, 9.17) is 4.74 Å². The standard InChI is InChI=1S/C20H29N3O3/c1-19(2)14-21-18(25)20(22-15-19)8-10-23(11-9-20)17(24)13-26-12-16-6-4-3-5-7-16/h3-7,22H,8-15H2,1-2H3,(H,21,25). The van der Waals surface area contributed by atoms with Crippen molar-refractivity contribution in [1.82, 2.24) is 15.5 Å². The number of piperidine rings is 1. The van der Waals surface area contributed by atoms with Crippen LogP contribution in [0.25, 0.3) is 0 Å². The Bertz CT molecular complexity index is 637. The van der Waals surface area contributed by atoms with E-state index in [9.17, 15) is 9.59 Å². The third kappa shape index (κ3) is 4.43. The monoisotopic (exact) mass is 359 g/mol. The van der Waals surface area contributed by atoms with Crippen LogP contribution in [0.4, 0.5) is 0 Å². The van der Waals surface area contributed by atoms with Gasteiger partial charge in [-0.05, 0) is 23.8 Å². The van der Waals surface area contributed by atoms with Gasteiger partial charge in [-0.1, -0.05) is 44.2 Å². The van der Waals surface area contributed by atoms with Crippen LogP contribution in [0.5, 0.6) is 0 Å². The highest BCUT2D eigenvalue weighted by Crippen LogP contribution is 2.27. The second kappa shape index (κ2) is 7.76. The van der Waals surface area contributed by atoms with Gasteiger partial charge in [-0.15, -0.1) is 0 Å². The Labute approximate surface area is 155 Å². The van der Waals surface area contributed by atoms with Crippen LogP contribution in [0.15, 0.2) is 30.3 Å². The highest BCUT2D eigenvalue weighted by atomic mass is 16.5. The molecule has 0 aliphatic carbocycles. The van der Waals surface area contributed by atoms with Crippen molar-refractivity contribution in [3.63, 3.8) is 0 Å². The van der Waals surface area contributed by atoms with Crippen LogP contribution in [0.3, 0.4) is 0 Å². The molecule has 1 aromatic rings. The van der Waals surface area contributed by atoms with Gasteiger partial charge in [0.2, 0.25) is 11.8 Å². The second-order valence-electron chi connectivity index (χ2n) is 8.14. The molecule has 142 valence electrons. The Morgan fingerprint density at radius 1 is 1.15 bits per heavy atom. The number of benzene rings is 1. The molecule has 0 saturated carbocycles. The molecule has 6 nitrogen and oxygen atoms in total. The Balaban J connectivity index is 1.48. The number of likely N-dealkylation sites (tertiary alicyclic amines) is 1. The summed E-state index contributed by atoms with van der Waals surface area (Å²) in [6.07, 6.45) is 1.28. The first-order chi connectivity index (χ1) is 12.4. The van der Waals surface area contributed by atoms with E-state index in [2.05, 4.69) is 24.5 Å². The van der Waals surface area contributed by atoms with Crippen molar-refractivity contribution in [2.75, 3.05) is 32.8 Å². The fourth-order valence-electron chi connectivity index (χ4n) is 3.50. The lowest BCUT2D eigenvalue weighted by Gasteiger charge is -2.40. The van der Waals surface area contributed by atoms with Crippen molar-refractivity contribution in [3.05, 3.63) is 35.9 Å². The molecule has 1 aromatic carbocycles. The first-order valence-corrected chi connectivity index (χ1v) is 9.33. The number of nitrogens with one attached hydrogen (secondary N) is 2. The molecule has 2 aliphatic heterocycles. The van der Waals surface area contributed by atoms with Crippen LogP contribution < -0.4 is 10.6 Å². The summed E-state index contributed by atoms with van der Waals surface area (Å²) in [6, 6.07) is 9.82. The van der Waals surface area contributed by atoms with E-state index in [1.54, 1.807) is 4.90 Å². The number of rotatable bonds is 4. The highest BCUT2D eigenvalue weighted by molar-refractivity contribution is 5.87. The quantitative estimate of drug-likeness (QED) is 0.850. The number of amides is 2. The van der Waals surface area contributed by atoms with Crippen molar-refractivity contribution in [2.45, 2.75) is 38.8 Å². The molecule has 2 amide bonds. The van der Waals surface area contributed by atoms with E-state index >= 15 is 0 Å². The molecular formula is C20H29N3O3. The largest absolute Gasteiger partial charge is 0.367 e. The smallest absolute Gasteiger partial charge is 0.248 e. The molecule has 2 aliphatic rings. The zero-order chi connectivity index (χ0) is 18.6. The molecule has 0 unspecified atom stereocenters. The predicted octanol–water partition coefficient (Wildman–Crippen LogP) is 1.31. The number of hydrogen-bond donors (Lipinski definition) is 2. The van der Waals surface area contributed by atoms with Gasteiger partial charge < -0.3 is 20.3 Å². The predicted molar refractivity (Wildman–Crippen MR) is 99.4 cm³/mol. The number of hydrogen-bond acceptors (Lipinski definition) is 4. The fraction of sp³-hybridized carbons (Fsp3) is 0.600. The number of carbonyl (C=O) groups is 2.